The van der Waals surface area contributed by atoms with E-state index in [-0.39, 0.29) is 5.60 Å². The molecule has 0 atom stereocenters. The molecule has 1 aliphatic carbocycles. The topological polar surface area (TPSA) is 38.5 Å². The second-order valence-electron chi connectivity index (χ2n) is 4.08. The van der Waals surface area contributed by atoms with Crippen molar-refractivity contribution in [2.24, 2.45) is 5.73 Å². The van der Waals surface area contributed by atoms with Crippen LogP contribution < -0.4 is 5.73 Å². The lowest BCUT2D eigenvalue weighted by Crippen LogP contribution is -2.42. The number of likely N-dealkylation sites (N-methyl/N-ethyl adjacent to an activating group) is 1. The van der Waals surface area contributed by atoms with Gasteiger partial charge in [-0.15, -0.1) is 0 Å². The van der Waals surface area contributed by atoms with Crippen LogP contribution in [0.25, 0.3) is 0 Å². The van der Waals surface area contributed by atoms with Crippen molar-refractivity contribution in [2.75, 3.05) is 33.8 Å². The van der Waals surface area contributed by atoms with Crippen molar-refractivity contribution in [3.63, 3.8) is 0 Å². The molecule has 0 spiro atoms. The van der Waals surface area contributed by atoms with Crippen LogP contribution in [0.15, 0.2) is 0 Å². The SMILES string of the molecule is COC1(CCN(C)CCN)CCC1. The Balaban J connectivity index is 2.16. The maximum Gasteiger partial charge on any atom is 0.0691 e. The van der Waals surface area contributed by atoms with E-state index in [0.29, 0.717) is 0 Å². The lowest BCUT2D eigenvalue weighted by Gasteiger charge is -2.41. The molecule has 13 heavy (non-hydrogen) atoms. The van der Waals surface area contributed by atoms with E-state index in [1.165, 1.54) is 19.3 Å². The Kier molecular flexibility index (Phi) is 4.16. The summed E-state index contributed by atoms with van der Waals surface area (Å²) in [6.07, 6.45) is 4.95. The largest absolute Gasteiger partial charge is 0.378 e. The normalized spacial score (nSPS) is 20.3. The monoisotopic (exact) mass is 186 g/mol. The average molecular weight is 186 g/mol. The van der Waals surface area contributed by atoms with Gasteiger partial charge in [0, 0.05) is 26.7 Å². The first-order chi connectivity index (χ1) is 6.22. The highest BCUT2D eigenvalue weighted by Crippen LogP contribution is 2.37. The van der Waals surface area contributed by atoms with Gasteiger partial charge in [0.2, 0.25) is 0 Å². The maximum atomic E-state index is 5.54. The lowest BCUT2D eigenvalue weighted by molar-refractivity contribution is -0.0809. The van der Waals surface area contributed by atoms with Gasteiger partial charge >= 0.3 is 0 Å². The molecular weight excluding hydrogens is 164 g/mol. The number of nitrogens with zero attached hydrogens (tertiary/aromatic N) is 1. The molecule has 0 aromatic rings. The van der Waals surface area contributed by atoms with E-state index in [4.69, 9.17) is 10.5 Å². The van der Waals surface area contributed by atoms with E-state index < -0.39 is 0 Å². The third-order valence-electron chi connectivity index (χ3n) is 3.16. The van der Waals surface area contributed by atoms with Gasteiger partial charge in [0.15, 0.2) is 0 Å². The Hall–Kier alpha value is -0.120. The van der Waals surface area contributed by atoms with Gasteiger partial charge in [0.1, 0.15) is 0 Å². The van der Waals surface area contributed by atoms with E-state index in [0.717, 1.165) is 26.1 Å². The van der Waals surface area contributed by atoms with Crippen LogP contribution in [0.2, 0.25) is 0 Å². The fourth-order valence-electron chi connectivity index (χ4n) is 1.85. The minimum atomic E-state index is 0.211. The molecule has 0 radical (unpaired) electrons. The van der Waals surface area contributed by atoms with Gasteiger partial charge < -0.3 is 15.4 Å². The molecule has 3 nitrogen and oxygen atoms in total. The highest BCUT2D eigenvalue weighted by atomic mass is 16.5. The van der Waals surface area contributed by atoms with Crippen LogP contribution >= 0.6 is 0 Å². The number of rotatable bonds is 6. The molecule has 0 amide bonds. The summed E-state index contributed by atoms with van der Waals surface area (Å²) < 4.78 is 5.54. The second kappa shape index (κ2) is 4.94. The predicted molar refractivity (Wildman–Crippen MR) is 54.8 cm³/mol. The van der Waals surface area contributed by atoms with Gasteiger partial charge in [0.25, 0.3) is 0 Å². The van der Waals surface area contributed by atoms with Gasteiger partial charge in [-0.1, -0.05) is 0 Å². The Bertz CT molecular complexity index is 140. The maximum absolute atomic E-state index is 5.54. The molecule has 1 saturated carbocycles. The molecule has 0 saturated heterocycles. The van der Waals surface area contributed by atoms with Crippen LogP contribution in [0.5, 0.6) is 0 Å². The van der Waals surface area contributed by atoms with Crippen LogP contribution in [0.4, 0.5) is 0 Å². The van der Waals surface area contributed by atoms with Gasteiger partial charge in [-0.25, -0.2) is 0 Å². The standard InChI is InChI=1S/C10H22N2O/c1-12(9-7-11)8-6-10(13-2)4-3-5-10/h3-9,11H2,1-2H3. The van der Waals surface area contributed by atoms with Gasteiger partial charge in [-0.3, -0.25) is 0 Å². The van der Waals surface area contributed by atoms with E-state index in [2.05, 4.69) is 11.9 Å². The van der Waals surface area contributed by atoms with Crippen LogP contribution in [0.1, 0.15) is 25.7 Å². The number of nitrogens with two attached hydrogens (primary N) is 1. The zero-order valence-corrected chi connectivity index (χ0v) is 8.88. The van der Waals surface area contributed by atoms with E-state index in [9.17, 15) is 0 Å². The molecule has 1 rings (SSSR count). The van der Waals surface area contributed by atoms with Crippen molar-refractivity contribution >= 4 is 0 Å². The Labute approximate surface area is 81.2 Å². The van der Waals surface area contributed by atoms with E-state index in [1.807, 2.05) is 7.11 Å². The minimum absolute atomic E-state index is 0.211. The summed E-state index contributed by atoms with van der Waals surface area (Å²) in [5, 5.41) is 0. The summed E-state index contributed by atoms with van der Waals surface area (Å²) in [5.74, 6) is 0. The Morgan fingerprint density at radius 1 is 1.38 bits per heavy atom. The number of hydrogen-bond acceptors (Lipinski definition) is 3. The summed E-state index contributed by atoms with van der Waals surface area (Å²) in [6.45, 7) is 2.83. The predicted octanol–water partition coefficient (Wildman–Crippen LogP) is 0.836. The lowest BCUT2D eigenvalue weighted by atomic mass is 9.77. The van der Waals surface area contributed by atoms with Crippen molar-refractivity contribution in [3.8, 4) is 0 Å². The summed E-state index contributed by atoms with van der Waals surface area (Å²) in [6, 6.07) is 0. The molecule has 1 fully saturated rings. The van der Waals surface area contributed by atoms with Crippen LogP contribution in [-0.2, 0) is 4.74 Å². The van der Waals surface area contributed by atoms with Gasteiger partial charge in [0.05, 0.1) is 5.60 Å². The van der Waals surface area contributed by atoms with Crippen LogP contribution in [0, 0.1) is 0 Å². The molecule has 0 aromatic carbocycles. The van der Waals surface area contributed by atoms with Crippen LogP contribution in [-0.4, -0.2) is 44.3 Å². The zero-order chi connectivity index (χ0) is 9.73. The first kappa shape index (κ1) is 11.0. The van der Waals surface area contributed by atoms with Crippen molar-refractivity contribution < 1.29 is 4.74 Å². The summed E-state index contributed by atoms with van der Waals surface area (Å²) >= 11 is 0. The van der Waals surface area contributed by atoms with Gasteiger partial charge in [-0.2, -0.15) is 0 Å². The number of ether oxygens (including phenoxy) is 1. The number of methoxy groups -OCH3 is 1. The van der Waals surface area contributed by atoms with Crippen molar-refractivity contribution in [1.82, 2.24) is 4.90 Å². The molecule has 3 heteroatoms. The minimum Gasteiger partial charge on any atom is -0.378 e. The van der Waals surface area contributed by atoms with Crippen molar-refractivity contribution in [2.45, 2.75) is 31.3 Å². The zero-order valence-electron chi connectivity index (χ0n) is 8.88. The van der Waals surface area contributed by atoms with Crippen molar-refractivity contribution in [3.05, 3.63) is 0 Å². The number of hydrogen-bond donors (Lipinski definition) is 1. The summed E-state index contributed by atoms with van der Waals surface area (Å²) in [7, 11) is 3.96. The highest BCUT2D eigenvalue weighted by molar-refractivity contribution is 4.89. The smallest absolute Gasteiger partial charge is 0.0691 e. The molecule has 0 aromatic heterocycles. The fourth-order valence-corrected chi connectivity index (χ4v) is 1.85. The molecule has 0 bridgehead atoms. The average Bonchev–Trinajstić information content (AvgIpc) is 2.04. The quantitative estimate of drug-likeness (QED) is 0.668. The van der Waals surface area contributed by atoms with Crippen molar-refractivity contribution in [1.29, 1.82) is 0 Å². The summed E-state index contributed by atoms with van der Waals surface area (Å²) in [4.78, 5) is 2.28. The first-order valence-electron chi connectivity index (χ1n) is 5.16. The van der Waals surface area contributed by atoms with Crippen LogP contribution in [0.3, 0.4) is 0 Å². The van der Waals surface area contributed by atoms with E-state index in [1.54, 1.807) is 0 Å². The third kappa shape index (κ3) is 2.93. The molecular formula is C10H22N2O. The molecule has 1 aliphatic rings. The fraction of sp³-hybridized carbons (Fsp3) is 1.00. The molecule has 78 valence electrons. The van der Waals surface area contributed by atoms with E-state index >= 15 is 0 Å². The Morgan fingerprint density at radius 2 is 2.08 bits per heavy atom. The second-order valence-corrected chi connectivity index (χ2v) is 4.08. The van der Waals surface area contributed by atoms with Gasteiger partial charge in [-0.05, 0) is 32.7 Å². The summed E-state index contributed by atoms with van der Waals surface area (Å²) in [5.41, 5.74) is 5.69. The molecule has 2 N–H and O–H groups in total. The third-order valence-corrected chi connectivity index (χ3v) is 3.16. The first-order valence-corrected chi connectivity index (χ1v) is 5.16. The Morgan fingerprint density at radius 3 is 2.46 bits per heavy atom. The molecule has 0 heterocycles. The molecule has 0 unspecified atom stereocenters. The molecule has 0 aliphatic heterocycles. The highest BCUT2D eigenvalue weighted by Gasteiger charge is 2.36.